The van der Waals surface area contributed by atoms with Gasteiger partial charge in [0.1, 0.15) is 18.2 Å². The Bertz CT molecular complexity index is 1700. The van der Waals surface area contributed by atoms with Crippen molar-refractivity contribution in [3.8, 4) is 5.75 Å². The van der Waals surface area contributed by atoms with E-state index in [0.29, 0.717) is 29.1 Å². The number of ether oxygens (including phenoxy) is 1. The van der Waals surface area contributed by atoms with E-state index in [-0.39, 0.29) is 5.56 Å². The van der Waals surface area contributed by atoms with Crippen LogP contribution < -0.4 is 10.3 Å². The first-order valence-corrected chi connectivity index (χ1v) is 13.5. The van der Waals surface area contributed by atoms with Gasteiger partial charge in [0.2, 0.25) is 0 Å². The monoisotopic (exact) mass is 617 g/mol. The number of fused-ring (bicyclic) bond motifs is 2. The third-order valence-electron chi connectivity index (χ3n) is 6.02. The molecule has 1 aromatic heterocycles. The van der Waals surface area contributed by atoms with E-state index in [4.69, 9.17) is 14.8 Å². The molecule has 5 rings (SSSR count). The lowest BCUT2D eigenvalue weighted by Gasteiger charge is -2.21. The van der Waals surface area contributed by atoms with Gasteiger partial charge in [-0.25, -0.2) is 4.98 Å². The van der Waals surface area contributed by atoms with E-state index in [1.807, 2.05) is 93.6 Å². The van der Waals surface area contributed by atoms with Crippen molar-refractivity contribution in [2.24, 2.45) is 5.10 Å². The first kappa shape index (κ1) is 25.4. The van der Waals surface area contributed by atoms with Crippen molar-refractivity contribution in [1.29, 1.82) is 0 Å². The SMILES string of the molecule is CC(C)(C)c1nc2ccc(Br)cc2c(=O)n1N=Cc1c(OCc2ccc(Br)cc2)ccc2ccccc12. The Kier molecular flexibility index (Phi) is 7.01. The molecule has 0 atom stereocenters. The molecular weight excluding hydrogens is 594 g/mol. The van der Waals surface area contributed by atoms with Crippen LogP contribution in [0.15, 0.2) is 97.7 Å². The molecule has 37 heavy (non-hydrogen) atoms. The molecule has 0 spiro atoms. The van der Waals surface area contributed by atoms with Gasteiger partial charge in [-0.2, -0.15) is 9.78 Å². The minimum atomic E-state index is -0.405. The molecule has 4 aromatic carbocycles. The van der Waals surface area contributed by atoms with Crippen LogP contribution in [0.2, 0.25) is 0 Å². The lowest BCUT2D eigenvalue weighted by molar-refractivity contribution is 0.306. The molecule has 0 unspecified atom stereocenters. The molecule has 186 valence electrons. The molecule has 5 aromatic rings. The van der Waals surface area contributed by atoms with Crippen molar-refractivity contribution in [2.75, 3.05) is 0 Å². The average Bonchev–Trinajstić information content (AvgIpc) is 2.87. The van der Waals surface area contributed by atoms with Crippen LogP contribution in [0.3, 0.4) is 0 Å². The van der Waals surface area contributed by atoms with Gasteiger partial charge >= 0.3 is 0 Å². The molecule has 1 heterocycles. The zero-order valence-corrected chi connectivity index (χ0v) is 23.9. The zero-order chi connectivity index (χ0) is 26.2. The van der Waals surface area contributed by atoms with Gasteiger partial charge in [-0.3, -0.25) is 4.79 Å². The zero-order valence-electron chi connectivity index (χ0n) is 20.7. The fraction of sp³-hybridized carbons (Fsp3) is 0.167. The molecule has 0 fully saturated rings. The Balaban J connectivity index is 1.64. The van der Waals surface area contributed by atoms with E-state index >= 15 is 0 Å². The summed E-state index contributed by atoms with van der Waals surface area (Å²) < 4.78 is 9.50. The highest BCUT2D eigenvalue weighted by molar-refractivity contribution is 9.10. The van der Waals surface area contributed by atoms with E-state index in [9.17, 15) is 4.79 Å². The van der Waals surface area contributed by atoms with E-state index in [1.54, 1.807) is 12.3 Å². The molecule has 0 N–H and O–H groups in total. The second kappa shape index (κ2) is 10.2. The summed E-state index contributed by atoms with van der Waals surface area (Å²) in [4.78, 5) is 18.4. The number of benzene rings is 4. The molecule has 0 bridgehead atoms. The van der Waals surface area contributed by atoms with Crippen molar-refractivity contribution < 1.29 is 4.74 Å². The smallest absolute Gasteiger partial charge is 0.282 e. The summed E-state index contributed by atoms with van der Waals surface area (Å²) in [5.41, 5.74) is 1.88. The van der Waals surface area contributed by atoms with Gasteiger partial charge in [-0.05, 0) is 52.7 Å². The highest BCUT2D eigenvalue weighted by Gasteiger charge is 2.23. The van der Waals surface area contributed by atoms with E-state index in [2.05, 4.69) is 31.9 Å². The van der Waals surface area contributed by atoms with E-state index in [1.165, 1.54) is 4.68 Å². The van der Waals surface area contributed by atoms with E-state index in [0.717, 1.165) is 30.8 Å². The van der Waals surface area contributed by atoms with Crippen molar-refractivity contribution in [3.63, 3.8) is 0 Å². The number of hydrogen-bond acceptors (Lipinski definition) is 4. The maximum atomic E-state index is 13.6. The van der Waals surface area contributed by atoms with Gasteiger partial charge in [-0.15, -0.1) is 0 Å². The van der Waals surface area contributed by atoms with Gasteiger partial charge < -0.3 is 4.74 Å². The van der Waals surface area contributed by atoms with Gasteiger partial charge in [0.25, 0.3) is 5.56 Å². The molecular formula is C30H25Br2N3O2. The molecule has 0 saturated carbocycles. The van der Waals surface area contributed by atoms with Crippen molar-refractivity contribution >= 4 is 59.7 Å². The van der Waals surface area contributed by atoms with Gasteiger partial charge in [0.15, 0.2) is 0 Å². The van der Waals surface area contributed by atoms with Crippen LogP contribution in [0.4, 0.5) is 0 Å². The first-order chi connectivity index (χ1) is 17.7. The van der Waals surface area contributed by atoms with Gasteiger partial charge in [0, 0.05) is 19.9 Å². The van der Waals surface area contributed by atoms with Crippen LogP contribution in [0, 0.1) is 0 Å². The number of aromatic nitrogens is 2. The van der Waals surface area contributed by atoms with Crippen LogP contribution >= 0.6 is 31.9 Å². The summed E-state index contributed by atoms with van der Waals surface area (Å²) in [6.45, 7) is 6.48. The summed E-state index contributed by atoms with van der Waals surface area (Å²) >= 11 is 6.94. The minimum Gasteiger partial charge on any atom is -0.488 e. The molecule has 7 heteroatoms. The van der Waals surface area contributed by atoms with Gasteiger partial charge in [0.05, 0.1) is 17.1 Å². The molecule has 0 amide bonds. The number of rotatable bonds is 5. The Morgan fingerprint density at radius 2 is 1.65 bits per heavy atom. The number of hydrogen-bond donors (Lipinski definition) is 0. The van der Waals surface area contributed by atoms with Crippen LogP contribution in [-0.4, -0.2) is 15.9 Å². The summed E-state index contributed by atoms with van der Waals surface area (Å²) in [5, 5.41) is 7.27. The fourth-order valence-corrected chi connectivity index (χ4v) is 4.76. The Hall–Kier alpha value is -3.29. The largest absolute Gasteiger partial charge is 0.488 e. The predicted octanol–water partition coefficient (Wildman–Crippen LogP) is 7.83. The van der Waals surface area contributed by atoms with Gasteiger partial charge in [-0.1, -0.05) is 95.1 Å². The summed E-state index contributed by atoms with van der Waals surface area (Å²) in [6.07, 6.45) is 1.71. The summed E-state index contributed by atoms with van der Waals surface area (Å²) in [6, 6.07) is 25.6. The maximum Gasteiger partial charge on any atom is 0.282 e. The standard InChI is InChI=1S/C30H25Br2N3O2/c1-30(2,3)29-34-26-14-13-22(32)16-24(26)28(36)35(29)33-17-25-23-7-5-4-6-20(23)10-15-27(25)37-18-19-8-11-21(31)12-9-19/h4-17H,18H2,1-3H3. The topological polar surface area (TPSA) is 56.5 Å². The van der Waals surface area contributed by atoms with Crippen LogP contribution in [0.5, 0.6) is 5.75 Å². The van der Waals surface area contributed by atoms with Crippen LogP contribution in [0.1, 0.15) is 37.7 Å². The molecule has 5 nitrogen and oxygen atoms in total. The summed E-state index contributed by atoms with van der Waals surface area (Å²) in [7, 11) is 0. The van der Waals surface area contributed by atoms with Crippen molar-refractivity contribution in [3.05, 3.63) is 115 Å². The Morgan fingerprint density at radius 1 is 0.919 bits per heavy atom. The Morgan fingerprint density at radius 3 is 2.41 bits per heavy atom. The second-order valence-electron chi connectivity index (χ2n) is 9.82. The van der Waals surface area contributed by atoms with Crippen molar-refractivity contribution in [1.82, 2.24) is 9.66 Å². The molecule has 0 aliphatic carbocycles. The first-order valence-electron chi connectivity index (χ1n) is 11.9. The number of halogens is 2. The average molecular weight is 619 g/mol. The predicted molar refractivity (Wildman–Crippen MR) is 158 cm³/mol. The second-order valence-corrected chi connectivity index (χ2v) is 11.7. The third-order valence-corrected chi connectivity index (χ3v) is 7.04. The highest BCUT2D eigenvalue weighted by Crippen LogP contribution is 2.28. The molecule has 0 saturated heterocycles. The number of nitrogens with zero attached hydrogens (tertiary/aromatic N) is 3. The Labute approximate surface area is 232 Å². The summed E-state index contributed by atoms with van der Waals surface area (Å²) in [5.74, 6) is 1.27. The fourth-order valence-electron chi connectivity index (χ4n) is 4.13. The van der Waals surface area contributed by atoms with Crippen molar-refractivity contribution in [2.45, 2.75) is 32.8 Å². The maximum absolute atomic E-state index is 13.6. The third kappa shape index (κ3) is 5.38. The molecule has 0 radical (unpaired) electrons. The molecule has 0 aliphatic rings. The highest BCUT2D eigenvalue weighted by atomic mass is 79.9. The quantitative estimate of drug-likeness (QED) is 0.189. The minimum absolute atomic E-state index is 0.218. The molecule has 0 aliphatic heterocycles. The van der Waals surface area contributed by atoms with Crippen LogP contribution in [-0.2, 0) is 12.0 Å². The van der Waals surface area contributed by atoms with E-state index < -0.39 is 5.41 Å². The van der Waals surface area contributed by atoms with Crippen LogP contribution in [0.25, 0.3) is 21.7 Å². The lowest BCUT2D eigenvalue weighted by Crippen LogP contribution is -2.29. The normalized spacial score (nSPS) is 12.0. The lowest BCUT2D eigenvalue weighted by atomic mass is 9.95.